The Kier molecular flexibility index (Phi) is 7.50. The summed E-state index contributed by atoms with van der Waals surface area (Å²) in [6, 6.07) is 14.5. The van der Waals surface area contributed by atoms with E-state index >= 15 is 0 Å². The summed E-state index contributed by atoms with van der Waals surface area (Å²) < 4.78 is 11.4. The van der Waals surface area contributed by atoms with Gasteiger partial charge < -0.3 is 14.8 Å². The van der Waals surface area contributed by atoms with E-state index in [-0.39, 0.29) is 5.91 Å². The first-order valence-electron chi connectivity index (χ1n) is 8.84. The van der Waals surface area contributed by atoms with Crippen molar-refractivity contribution in [2.45, 2.75) is 33.1 Å². The molecule has 0 aliphatic carbocycles. The van der Waals surface area contributed by atoms with Gasteiger partial charge in [-0.1, -0.05) is 25.5 Å². The van der Waals surface area contributed by atoms with Crippen molar-refractivity contribution < 1.29 is 14.3 Å². The number of anilines is 1. The predicted molar refractivity (Wildman–Crippen MR) is 102 cm³/mol. The van der Waals surface area contributed by atoms with E-state index in [1.54, 1.807) is 30.3 Å². The summed E-state index contributed by atoms with van der Waals surface area (Å²) in [5.74, 6) is 0.998. The number of benzene rings is 2. The molecule has 0 atom stereocenters. The highest BCUT2D eigenvalue weighted by molar-refractivity contribution is 6.04. The molecule has 0 aromatic heterocycles. The van der Waals surface area contributed by atoms with Gasteiger partial charge >= 0.3 is 0 Å². The van der Waals surface area contributed by atoms with E-state index in [9.17, 15) is 4.79 Å². The molecular formula is C21H24N2O3. The molecule has 2 aromatic carbocycles. The fourth-order valence-corrected chi connectivity index (χ4v) is 2.36. The van der Waals surface area contributed by atoms with Crippen LogP contribution in [0, 0.1) is 11.3 Å². The average molecular weight is 352 g/mol. The van der Waals surface area contributed by atoms with Gasteiger partial charge in [0.05, 0.1) is 25.7 Å². The van der Waals surface area contributed by atoms with Gasteiger partial charge in [0.25, 0.3) is 5.91 Å². The largest absolute Gasteiger partial charge is 0.490 e. The zero-order valence-corrected chi connectivity index (χ0v) is 15.2. The van der Waals surface area contributed by atoms with Crippen LogP contribution in [0.1, 0.15) is 42.6 Å². The first-order valence-corrected chi connectivity index (χ1v) is 8.84. The van der Waals surface area contributed by atoms with E-state index in [0.29, 0.717) is 42.4 Å². The molecule has 0 spiro atoms. The summed E-state index contributed by atoms with van der Waals surface area (Å²) in [6.45, 7) is 5.12. The number of nitrogens with zero attached hydrogens (tertiary/aromatic N) is 1. The first-order chi connectivity index (χ1) is 12.7. The molecule has 5 nitrogen and oxygen atoms in total. The van der Waals surface area contributed by atoms with Crippen molar-refractivity contribution in [3.63, 3.8) is 0 Å². The van der Waals surface area contributed by atoms with Crippen LogP contribution in [0.3, 0.4) is 0 Å². The second kappa shape index (κ2) is 10.1. The van der Waals surface area contributed by atoms with E-state index < -0.39 is 0 Å². The fraction of sp³-hybridized carbons (Fsp3) is 0.333. The molecule has 0 aliphatic rings. The highest BCUT2D eigenvalue weighted by Gasteiger charge is 2.12. The lowest BCUT2D eigenvalue weighted by molar-refractivity contribution is 0.102. The van der Waals surface area contributed by atoms with Crippen molar-refractivity contribution in [2.75, 3.05) is 18.5 Å². The number of nitrogens with one attached hydrogen (secondary N) is 1. The van der Waals surface area contributed by atoms with Crippen LogP contribution >= 0.6 is 0 Å². The standard InChI is InChI=1S/C21H24N2O3/c1-3-5-14-26-19-11-8-17(15-20(19)25-4-2)21(24)23-18-9-6-16(7-10-18)12-13-22/h6-11,15H,3-5,12,14H2,1-2H3,(H,23,24). The Labute approximate surface area is 154 Å². The number of carbonyl (C=O) groups is 1. The minimum atomic E-state index is -0.223. The van der Waals surface area contributed by atoms with Crippen LogP contribution in [0.5, 0.6) is 11.5 Å². The molecule has 0 saturated heterocycles. The monoisotopic (exact) mass is 352 g/mol. The summed E-state index contributed by atoms with van der Waals surface area (Å²) in [6.07, 6.45) is 2.37. The average Bonchev–Trinajstić information content (AvgIpc) is 2.65. The molecule has 2 aromatic rings. The summed E-state index contributed by atoms with van der Waals surface area (Å²) in [4.78, 5) is 12.5. The Balaban J connectivity index is 2.09. The minimum absolute atomic E-state index is 0.223. The van der Waals surface area contributed by atoms with Gasteiger partial charge in [-0.15, -0.1) is 0 Å². The minimum Gasteiger partial charge on any atom is -0.490 e. The van der Waals surface area contributed by atoms with Gasteiger partial charge in [-0.3, -0.25) is 4.79 Å². The third-order valence-electron chi connectivity index (χ3n) is 3.76. The molecule has 0 saturated carbocycles. The van der Waals surface area contributed by atoms with Crippen molar-refractivity contribution >= 4 is 11.6 Å². The van der Waals surface area contributed by atoms with Gasteiger partial charge in [0.15, 0.2) is 11.5 Å². The summed E-state index contributed by atoms with van der Waals surface area (Å²) in [7, 11) is 0. The smallest absolute Gasteiger partial charge is 0.255 e. The third-order valence-corrected chi connectivity index (χ3v) is 3.76. The van der Waals surface area contributed by atoms with Crippen LogP contribution < -0.4 is 14.8 Å². The number of amides is 1. The van der Waals surface area contributed by atoms with Crippen molar-refractivity contribution in [3.8, 4) is 17.6 Å². The lowest BCUT2D eigenvalue weighted by Crippen LogP contribution is -2.12. The maximum absolute atomic E-state index is 12.5. The van der Waals surface area contributed by atoms with Crippen molar-refractivity contribution in [1.82, 2.24) is 0 Å². The highest BCUT2D eigenvalue weighted by atomic mass is 16.5. The van der Waals surface area contributed by atoms with Crippen LogP contribution in [0.15, 0.2) is 42.5 Å². The Morgan fingerprint density at radius 3 is 2.50 bits per heavy atom. The van der Waals surface area contributed by atoms with Crippen LogP contribution in [0.4, 0.5) is 5.69 Å². The molecule has 0 fully saturated rings. The van der Waals surface area contributed by atoms with Gasteiger partial charge in [-0.25, -0.2) is 0 Å². The van der Waals surface area contributed by atoms with Crippen LogP contribution in [-0.2, 0) is 6.42 Å². The number of nitriles is 1. The van der Waals surface area contributed by atoms with E-state index in [0.717, 1.165) is 18.4 Å². The lowest BCUT2D eigenvalue weighted by Gasteiger charge is -2.13. The maximum atomic E-state index is 12.5. The predicted octanol–water partition coefficient (Wildman–Crippen LogP) is 4.58. The number of hydrogen-bond donors (Lipinski definition) is 1. The van der Waals surface area contributed by atoms with Gasteiger partial charge in [0.2, 0.25) is 0 Å². The van der Waals surface area contributed by atoms with Crippen LogP contribution in [0.2, 0.25) is 0 Å². The van der Waals surface area contributed by atoms with Crippen molar-refractivity contribution in [1.29, 1.82) is 5.26 Å². The summed E-state index contributed by atoms with van der Waals surface area (Å²) in [5, 5.41) is 11.6. The SMILES string of the molecule is CCCCOc1ccc(C(=O)Nc2ccc(CC#N)cc2)cc1OCC. The topological polar surface area (TPSA) is 71.3 Å². The lowest BCUT2D eigenvalue weighted by atomic mass is 10.1. The normalized spacial score (nSPS) is 10.0. The number of unbranched alkanes of at least 4 members (excludes halogenated alkanes) is 1. The maximum Gasteiger partial charge on any atom is 0.255 e. The Hall–Kier alpha value is -3.00. The fourth-order valence-electron chi connectivity index (χ4n) is 2.36. The highest BCUT2D eigenvalue weighted by Crippen LogP contribution is 2.29. The van der Waals surface area contributed by atoms with Gasteiger partial charge in [-0.2, -0.15) is 5.26 Å². The van der Waals surface area contributed by atoms with Crippen LogP contribution in [-0.4, -0.2) is 19.1 Å². The van der Waals surface area contributed by atoms with Crippen LogP contribution in [0.25, 0.3) is 0 Å². The van der Waals surface area contributed by atoms with Crippen molar-refractivity contribution in [3.05, 3.63) is 53.6 Å². The second-order valence-electron chi connectivity index (χ2n) is 5.78. The first kappa shape index (κ1) is 19.3. The number of rotatable bonds is 9. The molecule has 1 amide bonds. The molecule has 0 unspecified atom stereocenters. The second-order valence-corrected chi connectivity index (χ2v) is 5.78. The van der Waals surface area contributed by atoms with Gasteiger partial charge in [0, 0.05) is 11.3 Å². The van der Waals surface area contributed by atoms with Gasteiger partial charge in [0.1, 0.15) is 0 Å². The quantitative estimate of drug-likeness (QED) is 0.670. The Bertz CT molecular complexity index is 764. The Morgan fingerprint density at radius 1 is 1.08 bits per heavy atom. The molecule has 136 valence electrons. The molecule has 2 rings (SSSR count). The Morgan fingerprint density at radius 2 is 1.85 bits per heavy atom. The molecule has 26 heavy (non-hydrogen) atoms. The molecule has 0 aliphatic heterocycles. The zero-order valence-electron chi connectivity index (χ0n) is 15.2. The van der Waals surface area contributed by atoms with Gasteiger partial charge in [-0.05, 0) is 49.2 Å². The van der Waals surface area contributed by atoms with Crippen molar-refractivity contribution in [2.24, 2.45) is 0 Å². The third kappa shape index (κ3) is 5.52. The summed E-state index contributed by atoms with van der Waals surface area (Å²) >= 11 is 0. The summed E-state index contributed by atoms with van der Waals surface area (Å²) in [5.41, 5.74) is 2.09. The van der Waals surface area contributed by atoms with E-state index in [4.69, 9.17) is 14.7 Å². The molecular weight excluding hydrogens is 328 g/mol. The molecule has 5 heteroatoms. The van der Waals surface area contributed by atoms with E-state index in [2.05, 4.69) is 18.3 Å². The molecule has 0 bridgehead atoms. The number of carbonyl (C=O) groups excluding carboxylic acids is 1. The zero-order chi connectivity index (χ0) is 18.8. The molecule has 0 heterocycles. The molecule has 0 radical (unpaired) electrons. The number of ether oxygens (including phenoxy) is 2. The molecule has 1 N–H and O–H groups in total. The van der Waals surface area contributed by atoms with E-state index in [1.165, 1.54) is 0 Å². The number of hydrogen-bond acceptors (Lipinski definition) is 4. The van der Waals surface area contributed by atoms with E-state index in [1.807, 2.05) is 19.1 Å².